The maximum absolute atomic E-state index is 12.5. The first kappa shape index (κ1) is 15.0. The molecule has 4 aromatic rings. The lowest BCUT2D eigenvalue weighted by Crippen LogP contribution is -2.07. The second kappa shape index (κ2) is 5.81. The van der Waals surface area contributed by atoms with Gasteiger partial charge >= 0.3 is 5.63 Å². The monoisotopic (exact) mass is 327 g/mol. The zero-order chi connectivity index (χ0) is 17.4. The van der Waals surface area contributed by atoms with Crippen LogP contribution in [0.3, 0.4) is 0 Å². The van der Waals surface area contributed by atoms with E-state index in [4.69, 9.17) is 9.15 Å². The van der Waals surface area contributed by atoms with Crippen molar-refractivity contribution in [2.75, 3.05) is 7.11 Å². The fraction of sp³-hybridized carbons (Fsp3) is 0.0476. The van der Waals surface area contributed by atoms with Crippen LogP contribution in [0.25, 0.3) is 32.9 Å². The van der Waals surface area contributed by atoms with E-state index >= 15 is 0 Å². The van der Waals surface area contributed by atoms with Crippen LogP contribution in [0, 0.1) is 11.3 Å². The first-order chi connectivity index (χ1) is 12.2. The molecule has 3 aromatic carbocycles. The van der Waals surface area contributed by atoms with E-state index in [1.807, 2.05) is 60.7 Å². The van der Waals surface area contributed by atoms with Crippen LogP contribution in [0.4, 0.5) is 0 Å². The lowest BCUT2D eigenvalue weighted by Gasteiger charge is -2.12. The van der Waals surface area contributed by atoms with Gasteiger partial charge < -0.3 is 9.15 Å². The molecule has 0 fully saturated rings. The predicted molar refractivity (Wildman–Crippen MR) is 96.7 cm³/mol. The Kier molecular flexibility index (Phi) is 3.48. The van der Waals surface area contributed by atoms with Crippen LogP contribution >= 0.6 is 0 Å². The highest BCUT2D eigenvalue weighted by Gasteiger charge is 2.20. The van der Waals surface area contributed by atoms with Crippen molar-refractivity contribution in [2.24, 2.45) is 0 Å². The van der Waals surface area contributed by atoms with Gasteiger partial charge in [-0.05, 0) is 17.5 Å². The van der Waals surface area contributed by atoms with E-state index < -0.39 is 5.63 Å². The number of methoxy groups -OCH3 is 1. The van der Waals surface area contributed by atoms with Crippen molar-refractivity contribution < 1.29 is 9.15 Å². The number of benzene rings is 3. The van der Waals surface area contributed by atoms with Crippen molar-refractivity contribution >= 4 is 21.7 Å². The van der Waals surface area contributed by atoms with Crippen LogP contribution in [0.5, 0.6) is 5.75 Å². The fourth-order valence-electron chi connectivity index (χ4n) is 3.16. The Balaban J connectivity index is 2.25. The summed E-state index contributed by atoms with van der Waals surface area (Å²) >= 11 is 0. The number of para-hydroxylation sites is 1. The molecular formula is C21H13NO3. The van der Waals surface area contributed by atoms with Crippen LogP contribution in [-0.2, 0) is 0 Å². The molecule has 4 rings (SSSR count). The molecule has 4 nitrogen and oxygen atoms in total. The summed E-state index contributed by atoms with van der Waals surface area (Å²) in [6, 6.07) is 20.8. The highest BCUT2D eigenvalue weighted by atomic mass is 16.5. The molecule has 4 heteroatoms. The number of ether oxygens (including phenoxy) is 1. The fourth-order valence-corrected chi connectivity index (χ4v) is 3.16. The quantitative estimate of drug-likeness (QED) is 0.402. The third-order valence-electron chi connectivity index (χ3n) is 4.29. The minimum atomic E-state index is -0.646. The van der Waals surface area contributed by atoms with Crippen LogP contribution in [-0.4, -0.2) is 7.11 Å². The number of fused-ring (bicyclic) bond motifs is 3. The highest BCUT2D eigenvalue weighted by Crippen LogP contribution is 2.38. The van der Waals surface area contributed by atoms with Crippen molar-refractivity contribution in [1.29, 1.82) is 5.26 Å². The van der Waals surface area contributed by atoms with Crippen molar-refractivity contribution in [3.63, 3.8) is 0 Å². The van der Waals surface area contributed by atoms with Crippen molar-refractivity contribution in [3.8, 4) is 22.9 Å². The number of rotatable bonds is 2. The minimum Gasteiger partial charge on any atom is -0.496 e. The van der Waals surface area contributed by atoms with Crippen LogP contribution in [0.2, 0.25) is 0 Å². The van der Waals surface area contributed by atoms with Gasteiger partial charge in [0.25, 0.3) is 0 Å². The summed E-state index contributed by atoms with van der Waals surface area (Å²) in [5.41, 5.74) is 1.04. The second-order valence-electron chi connectivity index (χ2n) is 5.61. The van der Waals surface area contributed by atoms with Crippen molar-refractivity contribution in [3.05, 3.63) is 76.6 Å². The second-order valence-corrected chi connectivity index (χ2v) is 5.61. The summed E-state index contributed by atoms with van der Waals surface area (Å²) in [5.74, 6) is 0.596. The Bertz CT molecular complexity index is 1220. The zero-order valence-electron chi connectivity index (χ0n) is 13.4. The molecule has 25 heavy (non-hydrogen) atoms. The Labute approximate surface area is 143 Å². The van der Waals surface area contributed by atoms with Crippen molar-refractivity contribution in [1.82, 2.24) is 0 Å². The van der Waals surface area contributed by atoms with Gasteiger partial charge in [0, 0.05) is 21.9 Å². The smallest absolute Gasteiger partial charge is 0.355 e. The van der Waals surface area contributed by atoms with E-state index in [0.717, 1.165) is 10.8 Å². The average Bonchev–Trinajstić information content (AvgIpc) is 2.66. The minimum absolute atomic E-state index is 0.0210. The molecule has 0 saturated carbocycles. The van der Waals surface area contributed by atoms with Gasteiger partial charge in [0.1, 0.15) is 23.0 Å². The summed E-state index contributed by atoms with van der Waals surface area (Å²) < 4.78 is 10.9. The molecule has 0 unspecified atom stereocenters. The van der Waals surface area contributed by atoms with Crippen LogP contribution in [0.1, 0.15) is 5.56 Å². The summed E-state index contributed by atoms with van der Waals surface area (Å²) in [4.78, 5) is 12.5. The van der Waals surface area contributed by atoms with Gasteiger partial charge in [0.15, 0.2) is 0 Å². The molecule has 0 bridgehead atoms. The van der Waals surface area contributed by atoms with Gasteiger partial charge in [-0.2, -0.15) is 5.26 Å². The molecule has 0 aliphatic rings. The van der Waals surface area contributed by atoms with E-state index in [2.05, 4.69) is 0 Å². The molecule has 120 valence electrons. The number of hydrogen-bond donors (Lipinski definition) is 0. The lowest BCUT2D eigenvalue weighted by atomic mass is 9.95. The molecule has 1 aromatic heterocycles. The van der Waals surface area contributed by atoms with E-state index in [1.54, 1.807) is 13.2 Å². The molecule has 0 N–H and O–H groups in total. The third kappa shape index (κ3) is 2.26. The van der Waals surface area contributed by atoms with Crippen molar-refractivity contribution in [2.45, 2.75) is 0 Å². The van der Waals surface area contributed by atoms with E-state index in [0.29, 0.717) is 27.8 Å². The first-order valence-electron chi connectivity index (χ1n) is 7.76. The molecule has 0 saturated heterocycles. The van der Waals surface area contributed by atoms with Crippen LogP contribution < -0.4 is 10.4 Å². The van der Waals surface area contributed by atoms with E-state index in [9.17, 15) is 10.1 Å². The SMILES string of the molecule is COc1ccccc1-c1c(C#N)c(=O)oc2c1ccc1ccccc12. The van der Waals surface area contributed by atoms with Gasteiger partial charge in [-0.3, -0.25) is 0 Å². The molecule has 1 heterocycles. The van der Waals surface area contributed by atoms with Gasteiger partial charge in [0.2, 0.25) is 0 Å². The molecule has 0 amide bonds. The maximum atomic E-state index is 12.5. The Morgan fingerprint density at radius 3 is 2.52 bits per heavy atom. The lowest BCUT2D eigenvalue weighted by molar-refractivity contribution is 0.416. The van der Waals surface area contributed by atoms with Gasteiger partial charge in [-0.25, -0.2) is 4.79 Å². The maximum Gasteiger partial charge on any atom is 0.355 e. The summed E-state index contributed by atoms with van der Waals surface area (Å²) in [7, 11) is 1.56. The molecule has 0 radical (unpaired) electrons. The normalized spacial score (nSPS) is 10.7. The molecule has 0 spiro atoms. The predicted octanol–water partition coefficient (Wildman–Crippen LogP) is 4.49. The Morgan fingerprint density at radius 1 is 0.960 bits per heavy atom. The number of nitriles is 1. The first-order valence-corrected chi connectivity index (χ1v) is 7.76. The summed E-state index contributed by atoms with van der Waals surface area (Å²) in [6.45, 7) is 0. The van der Waals surface area contributed by atoms with Gasteiger partial charge in [-0.15, -0.1) is 0 Å². The highest BCUT2D eigenvalue weighted by molar-refractivity contribution is 6.10. The molecular weight excluding hydrogens is 314 g/mol. The van der Waals surface area contributed by atoms with E-state index in [-0.39, 0.29) is 5.56 Å². The number of nitrogens with zero attached hydrogens (tertiary/aromatic N) is 1. The van der Waals surface area contributed by atoms with E-state index in [1.165, 1.54) is 0 Å². The molecule has 0 aliphatic heterocycles. The molecule has 0 aliphatic carbocycles. The van der Waals surface area contributed by atoms with Gasteiger partial charge in [-0.1, -0.05) is 48.5 Å². The summed E-state index contributed by atoms with van der Waals surface area (Å²) in [5, 5.41) is 12.1. The standard InChI is InChI=1S/C21H13NO3/c1-24-18-9-5-4-8-15(18)19-16-11-10-13-6-2-3-7-14(13)20(16)25-21(23)17(19)12-22/h2-11H,1H3. The number of hydrogen-bond acceptors (Lipinski definition) is 4. The third-order valence-corrected chi connectivity index (χ3v) is 4.29. The van der Waals surface area contributed by atoms with Gasteiger partial charge in [0.05, 0.1) is 7.11 Å². The summed E-state index contributed by atoms with van der Waals surface area (Å²) in [6.07, 6.45) is 0. The Morgan fingerprint density at radius 2 is 1.72 bits per heavy atom. The average molecular weight is 327 g/mol. The Hall–Kier alpha value is -3.58. The largest absolute Gasteiger partial charge is 0.496 e. The zero-order valence-corrected chi connectivity index (χ0v) is 13.4. The topological polar surface area (TPSA) is 63.2 Å². The van der Waals surface area contributed by atoms with Crippen LogP contribution in [0.15, 0.2) is 69.9 Å². The molecule has 0 atom stereocenters.